The molecule has 0 spiro atoms. The van der Waals surface area contributed by atoms with Gasteiger partial charge < -0.3 is 15.2 Å². The van der Waals surface area contributed by atoms with Gasteiger partial charge in [-0.15, -0.1) is 0 Å². The molecule has 4 aromatic rings. The molecule has 0 aliphatic heterocycles. The van der Waals surface area contributed by atoms with Gasteiger partial charge in [-0.05, 0) is 18.2 Å². The van der Waals surface area contributed by atoms with E-state index in [0.717, 1.165) is 0 Å². The molecule has 4 rings (SSSR count). The number of H-pyrrole nitrogens is 1. The number of rotatable bonds is 3. The highest BCUT2D eigenvalue weighted by Gasteiger charge is 2.14. The van der Waals surface area contributed by atoms with Crippen LogP contribution < -0.4 is 5.73 Å². The summed E-state index contributed by atoms with van der Waals surface area (Å²) in [7, 11) is 0. The Morgan fingerprint density at radius 2 is 2.25 bits per heavy atom. The van der Waals surface area contributed by atoms with Crippen LogP contribution in [0.15, 0.2) is 47.4 Å². The second-order valence-electron chi connectivity index (χ2n) is 4.88. The SMILES string of the molecule is N#Cc1cnn(-c2cccc(-c3nc(-c4ncc[nH]4)no3)c2)c1N. The van der Waals surface area contributed by atoms with Gasteiger partial charge in [0.05, 0.1) is 11.9 Å². The van der Waals surface area contributed by atoms with Gasteiger partial charge in [-0.25, -0.2) is 9.67 Å². The number of nitrogens with two attached hydrogens (primary N) is 1. The molecule has 0 fully saturated rings. The second-order valence-corrected chi connectivity index (χ2v) is 4.88. The number of nitrogens with zero attached hydrogens (tertiary/aromatic N) is 6. The zero-order valence-electron chi connectivity index (χ0n) is 12.2. The molecule has 0 aliphatic rings. The van der Waals surface area contributed by atoms with Crippen LogP contribution in [0, 0.1) is 11.3 Å². The van der Waals surface area contributed by atoms with Gasteiger partial charge >= 0.3 is 0 Å². The van der Waals surface area contributed by atoms with E-state index in [9.17, 15) is 0 Å². The molecule has 0 saturated carbocycles. The second kappa shape index (κ2) is 5.36. The van der Waals surface area contributed by atoms with Crippen LogP contribution in [0.5, 0.6) is 0 Å². The van der Waals surface area contributed by atoms with E-state index in [1.807, 2.05) is 24.3 Å². The van der Waals surface area contributed by atoms with Crippen molar-refractivity contribution < 1.29 is 4.52 Å². The largest absolute Gasteiger partial charge is 0.382 e. The van der Waals surface area contributed by atoms with Crippen LogP contribution in [0.3, 0.4) is 0 Å². The van der Waals surface area contributed by atoms with Crippen molar-refractivity contribution in [3.05, 3.63) is 48.4 Å². The first-order valence-corrected chi connectivity index (χ1v) is 6.94. The van der Waals surface area contributed by atoms with E-state index in [1.54, 1.807) is 18.5 Å². The highest BCUT2D eigenvalue weighted by Crippen LogP contribution is 2.24. The number of nitrogen functional groups attached to an aromatic ring is 1. The van der Waals surface area contributed by atoms with Crippen LogP contribution in [-0.2, 0) is 0 Å². The summed E-state index contributed by atoms with van der Waals surface area (Å²) in [6.07, 6.45) is 4.71. The maximum atomic E-state index is 8.98. The highest BCUT2D eigenvalue weighted by molar-refractivity contribution is 5.61. The number of aromatic nitrogens is 6. The predicted molar refractivity (Wildman–Crippen MR) is 83.6 cm³/mol. The van der Waals surface area contributed by atoms with Gasteiger partial charge in [0.25, 0.3) is 5.89 Å². The maximum Gasteiger partial charge on any atom is 0.258 e. The quantitative estimate of drug-likeness (QED) is 0.587. The smallest absolute Gasteiger partial charge is 0.258 e. The van der Waals surface area contributed by atoms with Crippen molar-refractivity contribution in [1.82, 2.24) is 29.9 Å². The molecular weight excluding hydrogens is 308 g/mol. The lowest BCUT2D eigenvalue weighted by atomic mass is 10.2. The monoisotopic (exact) mass is 318 g/mol. The lowest BCUT2D eigenvalue weighted by molar-refractivity contribution is 0.432. The fourth-order valence-corrected chi connectivity index (χ4v) is 2.24. The molecule has 0 aliphatic carbocycles. The van der Waals surface area contributed by atoms with Crippen LogP contribution in [0.4, 0.5) is 5.82 Å². The van der Waals surface area contributed by atoms with Gasteiger partial charge in [-0.2, -0.15) is 15.3 Å². The summed E-state index contributed by atoms with van der Waals surface area (Å²) in [5, 5.41) is 17.0. The first-order chi connectivity index (χ1) is 11.8. The van der Waals surface area contributed by atoms with Gasteiger partial charge in [0, 0.05) is 18.0 Å². The Morgan fingerprint density at radius 3 is 3.00 bits per heavy atom. The number of imidazole rings is 1. The summed E-state index contributed by atoms with van der Waals surface area (Å²) in [6, 6.07) is 9.25. The Labute approximate surface area is 135 Å². The van der Waals surface area contributed by atoms with Crippen molar-refractivity contribution in [2.45, 2.75) is 0 Å². The third-order valence-electron chi connectivity index (χ3n) is 3.40. The minimum atomic E-state index is 0.274. The first-order valence-electron chi connectivity index (χ1n) is 6.94. The fourth-order valence-electron chi connectivity index (χ4n) is 2.24. The third-order valence-corrected chi connectivity index (χ3v) is 3.40. The van der Waals surface area contributed by atoms with Crippen molar-refractivity contribution in [2.75, 3.05) is 5.73 Å². The maximum absolute atomic E-state index is 8.98. The first kappa shape index (κ1) is 13.7. The molecule has 9 heteroatoms. The molecule has 3 heterocycles. The summed E-state index contributed by atoms with van der Waals surface area (Å²) in [5.74, 6) is 1.51. The number of hydrogen-bond acceptors (Lipinski definition) is 7. The number of nitriles is 1. The topological polar surface area (TPSA) is 135 Å². The van der Waals surface area contributed by atoms with Gasteiger partial charge in [-0.3, -0.25) is 0 Å². The number of aromatic amines is 1. The lowest BCUT2D eigenvalue weighted by Crippen LogP contribution is -2.02. The number of benzene rings is 1. The Morgan fingerprint density at radius 1 is 1.33 bits per heavy atom. The molecule has 3 aromatic heterocycles. The molecule has 0 bridgehead atoms. The summed E-state index contributed by atoms with van der Waals surface area (Å²) in [5.41, 5.74) is 7.62. The lowest BCUT2D eigenvalue weighted by Gasteiger charge is -2.04. The normalized spacial score (nSPS) is 10.6. The van der Waals surface area contributed by atoms with Gasteiger partial charge in [0.15, 0.2) is 5.82 Å². The fraction of sp³-hybridized carbons (Fsp3) is 0. The van der Waals surface area contributed by atoms with Crippen molar-refractivity contribution in [1.29, 1.82) is 5.26 Å². The van der Waals surface area contributed by atoms with Crippen LogP contribution in [0.25, 0.3) is 28.8 Å². The van der Waals surface area contributed by atoms with Crippen LogP contribution >= 0.6 is 0 Å². The molecule has 3 N–H and O–H groups in total. The molecule has 0 saturated heterocycles. The van der Waals surface area contributed by atoms with Crippen molar-refractivity contribution in [2.24, 2.45) is 0 Å². The average Bonchev–Trinajstić information content (AvgIpc) is 3.35. The van der Waals surface area contributed by atoms with E-state index < -0.39 is 0 Å². The van der Waals surface area contributed by atoms with Gasteiger partial charge in [0.2, 0.25) is 5.82 Å². The Kier molecular flexibility index (Phi) is 3.07. The van der Waals surface area contributed by atoms with Crippen LogP contribution in [0.2, 0.25) is 0 Å². The molecule has 9 nitrogen and oxygen atoms in total. The standard InChI is InChI=1S/C15H10N8O/c16-7-10-8-20-23(12(10)17)11-3-1-2-9(6-11)15-21-14(22-24-15)13-18-4-5-19-13/h1-6,8H,17H2,(H,18,19). The Bertz CT molecular complexity index is 1040. The molecule has 116 valence electrons. The minimum Gasteiger partial charge on any atom is -0.382 e. The average molecular weight is 318 g/mol. The van der Waals surface area contributed by atoms with Crippen LogP contribution in [0.1, 0.15) is 5.56 Å². The summed E-state index contributed by atoms with van der Waals surface area (Å²) >= 11 is 0. The van der Waals surface area contributed by atoms with Gasteiger partial charge in [-0.1, -0.05) is 11.2 Å². The van der Waals surface area contributed by atoms with E-state index in [1.165, 1.54) is 10.9 Å². The van der Waals surface area contributed by atoms with E-state index in [2.05, 4.69) is 25.2 Å². The van der Waals surface area contributed by atoms with E-state index in [0.29, 0.717) is 34.4 Å². The third kappa shape index (κ3) is 2.19. The molecule has 24 heavy (non-hydrogen) atoms. The molecule has 0 amide bonds. The summed E-state index contributed by atoms with van der Waals surface area (Å²) < 4.78 is 6.77. The molecule has 0 atom stereocenters. The van der Waals surface area contributed by atoms with Crippen LogP contribution in [-0.4, -0.2) is 29.9 Å². The van der Waals surface area contributed by atoms with Gasteiger partial charge in [0.1, 0.15) is 17.5 Å². The van der Waals surface area contributed by atoms with E-state index in [-0.39, 0.29) is 5.82 Å². The molecule has 0 radical (unpaired) electrons. The van der Waals surface area contributed by atoms with E-state index >= 15 is 0 Å². The Balaban J connectivity index is 1.73. The van der Waals surface area contributed by atoms with Crippen molar-refractivity contribution in [3.8, 4) is 34.9 Å². The molecule has 1 aromatic carbocycles. The Hall–Kier alpha value is -3.93. The van der Waals surface area contributed by atoms with Crippen molar-refractivity contribution >= 4 is 5.82 Å². The zero-order valence-corrected chi connectivity index (χ0v) is 12.2. The summed E-state index contributed by atoms with van der Waals surface area (Å²) in [4.78, 5) is 11.3. The summed E-state index contributed by atoms with van der Waals surface area (Å²) in [6.45, 7) is 0. The number of anilines is 1. The van der Waals surface area contributed by atoms with Crippen molar-refractivity contribution in [3.63, 3.8) is 0 Å². The van der Waals surface area contributed by atoms with E-state index in [4.69, 9.17) is 15.5 Å². The predicted octanol–water partition coefficient (Wildman–Crippen LogP) is 1.77. The number of nitrogens with one attached hydrogen (secondary N) is 1. The highest BCUT2D eigenvalue weighted by atomic mass is 16.5. The number of hydrogen-bond donors (Lipinski definition) is 2. The zero-order chi connectivity index (χ0) is 16.5. The minimum absolute atomic E-state index is 0.274. The molecule has 0 unspecified atom stereocenters. The molecular formula is C15H10N8O.